The second-order valence-electron chi connectivity index (χ2n) is 9.51. The molecule has 0 saturated carbocycles. The van der Waals surface area contributed by atoms with Gasteiger partial charge in [0.15, 0.2) is 5.82 Å². The predicted molar refractivity (Wildman–Crippen MR) is 144 cm³/mol. The van der Waals surface area contributed by atoms with E-state index in [4.69, 9.17) is 14.2 Å². The van der Waals surface area contributed by atoms with E-state index in [1.165, 1.54) is 0 Å². The normalized spacial score (nSPS) is 15.3. The maximum absolute atomic E-state index is 13.5. The number of pyridine rings is 1. The number of hydrogen-bond acceptors (Lipinski definition) is 9. The first kappa shape index (κ1) is 26.4. The number of rotatable bonds is 9. The third-order valence-corrected chi connectivity index (χ3v) is 7.18. The molecule has 2 aromatic heterocycles. The van der Waals surface area contributed by atoms with E-state index in [1.54, 1.807) is 18.9 Å². The lowest BCUT2D eigenvalue weighted by atomic mass is 9.94. The first-order valence-electron chi connectivity index (χ1n) is 13.0. The summed E-state index contributed by atoms with van der Waals surface area (Å²) in [5, 5.41) is 13.5. The number of aromatic nitrogens is 5. The highest BCUT2D eigenvalue weighted by atomic mass is 16.5. The summed E-state index contributed by atoms with van der Waals surface area (Å²) in [5.74, 6) is 1.66. The lowest BCUT2D eigenvalue weighted by Gasteiger charge is -2.36. The summed E-state index contributed by atoms with van der Waals surface area (Å²) in [5.41, 5.74) is 2.00. The molecule has 1 aliphatic rings. The molecule has 1 N–H and O–H groups in total. The quantitative estimate of drug-likeness (QED) is 0.324. The van der Waals surface area contributed by atoms with Gasteiger partial charge in [0.1, 0.15) is 17.5 Å². The number of nitrogens with one attached hydrogen (secondary N) is 1. The summed E-state index contributed by atoms with van der Waals surface area (Å²) in [4.78, 5) is 31.1. The molecule has 0 bridgehead atoms. The highest BCUT2D eigenvalue weighted by molar-refractivity contribution is 5.80. The molecule has 0 amide bonds. The Bertz CT molecular complexity index is 1490. The molecule has 11 heteroatoms. The average Bonchev–Trinajstić information content (AvgIpc) is 3.41. The van der Waals surface area contributed by atoms with E-state index in [2.05, 4.69) is 25.4 Å². The molecule has 204 valence electrons. The zero-order valence-corrected chi connectivity index (χ0v) is 22.3. The molecule has 1 unspecified atom stereocenters. The number of aromatic amines is 1. The Kier molecular flexibility index (Phi) is 7.87. The highest BCUT2D eigenvalue weighted by Crippen LogP contribution is 2.32. The minimum absolute atomic E-state index is 0.170. The fourth-order valence-electron chi connectivity index (χ4n) is 5.11. The fourth-order valence-corrected chi connectivity index (χ4v) is 5.11. The van der Waals surface area contributed by atoms with Crippen LogP contribution in [0, 0.1) is 5.92 Å². The molecule has 5 rings (SSSR count). The molecular weight excluding hydrogens is 500 g/mol. The van der Waals surface area contributed by atoms with Gasteiger partial charge >= 0.3 is 5.97 Å². The molecule has 0 aliphatic carbocycles. The number of hydrogen-bond donors (Lipinski definition) is 1. The van der Waals surface area contributed by atoms with Crippen molar-refractivity contribution in [2.24, 2.45) is 5.92 Å². The summed E-state index contributed by atoms with van der Waals surface area (Å²) in [6.07, 6.45) is 1.24. The van der Waals surface area contributed by atoms with Crippen LogP contribution < -0.4 is 15.0 Å². The van der Waals surface area contributed by atoms with Crippen LogP contribution in [0.15, 0.2) is 53.3 Å². The molecule has 0 spiro atoms. The third-order valence-electron chi connectivity index (χ3n) is 7.18. The van der Waals surface area contributed by atoms with Crippen LogP contribution in [0.1, 0.15) is 42.8 Å². The molecule has 0 radical (unpaired) electrons. The van der Waals surface area contributed by atoms with E-state index in [9.17, 15) is 9.59 Å². The molecule has 1 fully saturated rings. The number of tetrazole rings is 1. The second kappa shape index (κ2) is 11.6. The van der Waals surface area contributed by atoms with E-state index < -0.39 is 6.04 Å². The van der Waals surface area contributed by atoms with Crippen LogP contribution in [-0.4, -0.2) is 70.0 Å². The number of piperidine rings is 1. The second-order valence-corrected chi connectivity index (χ2v) is 9.51. The van der Waals surface area contributed by atoms with Crippen molar-refractivity contribution < 1.29 is 19.0 Å². The predicted octanol–water partition coefficient (Wildman–Crippen LogP) is 2.94. The Hall–Kier alpha value is -4.25. The van der Waals surface area contributed by atoms with E-state index in [1.807, 2.05) is 55.5 Å². The number of H-pyrrole nitrogens is 1. The molecule has 3 heterocycles. The lowest BCUT2D eigenvalue weighted by Crippen LogP contribution is -2.42. The van der Waals surface area contributed by atoms with E-state index >= 15 is 0 Å². The standard InChI is InChI=1S/C28H32N6O5/c1-4-39-28(36)19-11-13-33(14-12-19)25(23-16-20-15-22(38-3)9-10-24(20)29-27(23)35)26-30-31-32-34(26)17-18-5-7-21(37-2)8-6-18/h5-10,15-16,19,25H,4,11-14,17H2,1-3H3,(H,29,35). The minimum atomic E-state index is -0.527. The number of carbonyl (C=O) groups excluding carboxylic acids is 1. The Morgan fingerprint density at radius 1 is 1.05 bits per heavy atom. The van der Waals surface area contributed by atoms with Crippen LogP contribution >= 0.6 is 0 Å². The molecule has 4 aromatic rings. The van der Waals surface area contributed by atoms with Crippen LogP contribution in [0.3, 0.4) is 0 Å². The number of fused-ring (bicyclic) bond motifs is 1. The monoisotopic (exact) mass is 532 g/mol. The zero-order chi connectivity index (χ0) is 27.4. The summed E-state index contributed by atoms with van der Waals surface area (Å²) in [7, 11) is 3.23. The molecule has 1 aliphatic heterocycles. The van der Waals surface area contributed by atoms with Crippen LogP contribution in [0.25, 0.3) is 10.9 Å². The zero-order valence-electron chi connectivity index (χ0n) is 22.3. The van der Waals surface area contributed by atoms with Crippen molar-refractivity contribution in [2.75, 3.05) is 33.9 Å². The summed E-state index contributed by atoms with van der Waals surface area (Å²) < 4.78 is 17.7. The SMILES string of the molecule is CCOC(=O)C1CCN(C(c2cc3cc(OC)ccc3[nH]c2=O)c2nnnn2Cc2ccc(OC)cc2)CC1. The molecule has 11 nitrogen and oxygen atoms in total. The van der Waals surface area contributed by atoms with Crippen molar-refractivity contribution in [2.45, 2.75) is 32.4 Å². The van der Waals surface area contributed by atoms with Crippen LogP contribution in [0.4, 0.5) is 0 Å². The Balaban J connectivity index is 1.54. The fraction of sp³-hybridized carbons (Fsp3) is 0.393. The van der Waals surface area contributed by atoms with Gasteiger partial charge in [-0.15, -0.1) is 5.10 Å². The Morgan fingerprint density at radius 3 is 2.46 bits per heavy atom. The van der Waals surface area contributed by atoms with Crippen LogP contribution in [0.2, 0.25) is 0 Å². The largest absolute Gasteiger partial charge is 0.497 e. The molecule has 39 heavy (non-hydrogen) atoms. The van der Waals surface area contributed by atoms with Crippen molar-refractivity contribution >= 4 is 16.9 Å². The van der Waals surface area contributed by atoms with E-state index in [-0.39, 0.29) is 17.4 Å². The number of likely N-dealkylation sites (tertiary alicyclic amines) is 1. The van der Waals surface area contributed by atoms with Crippen molar-refractivity contribution in [3.63, 3.8) is 0 Å². The maximum atomic E-state index is 13.5. The van der Waals surface area contributed by atoms with Crippen molar-refractivity contribution in [3.8, 4) is 11.5 Å². The molecule has 1 atom stereocenters. The van der Waals surface area contributed by atoms with E-state index in [0.29, 0.717) is 61.7 Å². The smallest absolute Gasteiger partial charge is 0.309 e. The number of benzene rings is 2. The molecule has 1 saturated heterocycles. The lowest BCUT2D eigenvalue weighted by molar-refractivity contribution is -0.149. The number of nitrogens with zero attached hydrogens (tertiary/aromatic N) is 5. The highest BCUT2D eigenvalue weighted by Gasteiger charge is 2.35. The van der Waals surface area contributed by atoms with Gasteiger partial charge in [0.05, 0.1) is 33.3 Å². The van der Waals surface area contributed by atoms with E-state index in [0.717, 1.165) is 16.7 Å². The van der Waals surface area contributed by atoms with Gasteiger partial charge in [-0.3, -0.25) is 14.5 Å². The summed E-state index contributed by atoms with van der Waals surface area (Å²) >= 11 is 0. The Morgan fingerprint density at radius 2 is 1.77 bits per heavy atom. The summed E-state index contributed by atoms with van der Waals surface area (Å²) in [6.45, 7) is 3.75. The van der Waals surface area contributed by atoms with Gasteiger partial charge in [-0.1, -0.05) is 12.1 Å². The van der Waals surface area contributed by atoms with Gasteiger partial charge in [0, 0.05) is 29.6 Å². The average molecular weight is 533 g/mol. The van der Waals surface area contributed by atoms with Crippen LogP contribution in [-0.2, 0) is 16.1 Å². The topological polar surface area (TPSA) is 124 Å². The third kappa shape index (κ3) is 5.63. The first-order chi connectivity index (χ1) is 19.0. The number of ether oxygens (including phenoxy) is 3. The van der Waals surface area contributed by atoms with Crippen molar-refractivity contribution in [3.05, 3.63) is 75.8 Å². The first-order valence-corrected chi connectivity index (χ1v) is 13.0. The van der Waals surface area contributed by atoms with Crippen molar-refractivity contribution in [1.29, 1.82) is 0 Å². The molecular formula is C28H32N6O5. The number of methoxy groups -OCH3 is 2. The van der Waals surface area contributed by atoms with Gasteiger partial charge < -0.3 is 19.2 Å². The number of carbonyl (C=O) groups is 1. The van der Waals surface area contributed by atoms with Gasteiger partial charge in [0.2, 0.25) is 0 Å². The van der Waals surface area contributed by atoms with Crippen molar-refractivity contribution in [1.82, 2.24) is 30.1 Å². The minimum Gasteiger partial charge on any atom is -0.497 e. The van der Waals surface area contributed by atoms with Gasteiger partial charge in [0.25, 0.3) is 5.56 Å². The van der Waals surface area contributed by atoms with Gasteiger partial charge in [-0.25, -0.2) is 4.68 Å². The molecule has 2 aromatic carbocycles. The maximum Gasteiger partial charge on any atom is 0.309 e. The van der Waals surface area contributed by atoms with Crippen LogP contribution in [0.5, 0.6) is 11.5 Å². The number of esters is 1. The van der Waals surface area contributed by atoms with Gasteiger partial charge in [-0.05, 0) is 72.2 Å². The van der Waals surface area contributed by atoms with Gasteiger partial charge in [-0.2, -0.15) is 0 Å². The summed E-state index contributed by atoms with van der Waals surface area (Å²) in [6, 6.07) is 14.6. The Labute approximate surface area is 225 Å².